The van der Waals surface area contributed by atoms with E-state index in [-0.39, 0.29) is 6.33 Å². The van der Waals surface area contributed by atoms with Gasteiger partial charge in [0.25, 0.3) is 0 Å². The van der Waals surface area contributed by atoms with Crippen LogP contribution in [-0.2, 0) is 4.74 Å². The van der Waals surface area contributed by atoms with Crippen LogP contribution in [0.25, 0.3) is 0 Å². The van der Waals surface area contributed by atoms with Gasteiger partial charge in [0.1, 0.15) is 0 Å². The molecule has 0 spiro atoms. The summed E-state index contributed by atoms with van der Waals surface area (Å²) in [7, 11) is 0. The third-order valence-electron chi connectivity index (χ3n) is 0.360. The topological polar surface area (TPSA) is 9.23 Å². The van der Waals surface area contributed by atoms with Crippen LogP contribution in [0.1, 0.15) is 0 Å². The summed E-state index contributed by atoms with van der Waals surface area (Å²) in [4.78, 5) is 0. The van der Waals surface area contributed by atoms with Crippen LogP contribution in [0, 0.1) is 0 Å². The van der Waals surface area contributed by atoms with Gasteiger partial charge < -0.3 is 4.74 Å². The van der Waals surface area contributed by atoms with Crippen LogP contribution >= 0.6 is 0 Å². The fraction of sp³-hybridized carbons (Fsp3) is 0.143. The maximum atomic E-state index is 10.8. The third kappa shape index (κ3) is 39.2. The van der Waals surface area contributed by atoms with Gasteiger partial charge in [-0.3, -0.25) is 0 Å². The zero-order valence-corrected chi connectivity index (χ0v) is 7.50. The molecule has 0 fully saturated rings. The molecule has 0 saturated carbocycles. The molecule has 0 heterocycles. The van der Waals surface area contributed by atoms with Crippen molar-refractivity contribution in [1.29, 1.82) is 0 Å². The second kappa shape index (κ2) is 11.5. The summed E-state index contributed by atoms with van der Waals surface area (Å²) in [6.45, 7) is 5.40. The molecule has 0 aromatic rings. The highest BCUT2D eigenvalue weighted by Crippen LogP contribution is 2.15. The molecule has 0 aliphatic heterocycles. The van der Waals surface area contributed by atoms with E-state index in [0.717, 1.165) is 0 Å². The Labute approximate surface area is 85.3 Å². The van der Waals surface area contributed by atoms with Crippen LogP contribution in [0.15, 0.2) is 37.9 Å². The van der Waals surface area contributed by atoms with Crippen LogP contribution in [0.2, 0.25) is 0 Å². The SMILES string of the molecule is C=CF.C=COC(F)(F)F.FC(F)=C(F)F. The van der Waals surface area contributed by atoms with Crippen LogP contribution in [0.5, 0.6) is 0 Å². The molecule has 0 aromatic carbocycles. The van der Waals surface area contributed by atoms with Crippen molar-refractivity contribution >= 4 is 0 Å². The molecule has 0 saturated heterocycles. The van der Waals surface area contributed by atoms with Crippen molar-refractivity contribution in [3.8, 4) is 0 Å². The zero-order valence-electron chi connectivity index (χ0n) is 7.50. The summed E-state index contributed by atoms with van der Waals surface area (Å²) in [5.74, 6) is 0. The Morgan fingerprint density at radius 1 is 0.938 bits per heavy atom. The summed E-state index contributed by atoms with van der Waals surface area (Å²) >= 11 is 0. The highest BCUT2D eigenvalue weighted by Gasteiger charge is 2.28. The summed E-state index contributed by atoms with van der Waals surface area (Å²) in [6.07, 6.45) is -9.80. The van der Waals surface area contributed by atoms with E-state index >= 15 is 0 Å². The maximum absolute atomic E-state index is 10.8. The predicted octanol–water partition coefficient (Wildman–Crippen LogP) is 4.76. The van der Waals surface area contributed by atoms with Crippen LogP contribution in [-0.4, -0.2) is 6.36 Å². The first kappa shape index (κ1) is 19.9. The molecule has 9 heteroatoms. The average Bonchev–Trinajstić information content (AvgIpc) is 2.03. The molecule has 0 amide bonds. The van der Waals surface area contributed by atoms with E-state index in [1.807, 2.05) is 0 Å². The monoisotopic (exact) mass is 258 g/mol. The molecule has 0 bridgehead atoms. The van der Waals surface area contributed by atoms with E-state index in [9.17, 15) is 35.1 Å². The van der Waals surface area contributed by atoms with Crippen molar-refractivity contribution in [2.45, 2.75) is 6.36 Å². The smallest absolute Gasteiger partial charge is 0.414 e. The Morgan fingerprint density at radius 2 is 1.19 bits per heavy atom. The molecule has 0 aliphatic rings. The maximum Gasteiger partial charge on any atom is 0.572 e. The van der Waals surface area contributed by atoms with E-state index in [1.54, 1.807) is 0 Å². The van der Waals surface area contributed by atoms with Gasteiger partial charge in [-0.25, -0.2) is 4.39 Å². The Hall–Kier alpha value is -1.54. The van der Waals surface area contributed by atoms with E-state index in [0.29, 0.717) is 6.26 Å². The standard InChI is InChI=1S/C3H3F3O.C2F4.C2H3F/c1-2-7-3(4,5)6;3-1(4)2(5)6;1-2-3/h2H,1H2;;2H,1H2. The molecular weight excluding hydrogens is 252 g/mol. The zero-order chi connectivity index (χ0) is 13.8. The highest BCUT2D eigenvalue weighted by molar-refractivity contribution is 4.77. The van der Waals surface area contributed by atoms with Crippen molar-refractivity contribution in [3.05, 3.63) is 37.9 Å². The van der Waals surface area contributed by atoms with Gasteiger partial charge in [-0.15, -0.1) is 13.2 Å². The summed E-state index contributed by atoms with van der Waals surface area (Å²) in [6, 6.07) is 0. The minimum absolute atomic E-state index is 0.250. The molecule has 0 radical (unpaired) electrons. The van der Waals surface area contributed by atoms with Crippen molar-refractivity contribution in [2.24, 2.45) is 0 Å². The normalized spacial score (nSPS) is 8.50. The molecule has 1 nitrogen and oxygen atoms in total. The molecule has 0 atom stereocenters. The fourth-order valence-electron chi connectivity index (χ4n) is 0.0945. The number of halogens is 8. The van der Waals surface area contributed by atoms with Crippen LogP contribution in [0.4, 0.5) is 35.1 Å². The average molecular weight is 258 g/mol. The molecule has 96 valence electrons. The molecule has 0 unspecified atom stereocenters. The molecule has 0 aliphatic carbocycles. The molecule has 0 N–H and O–H groups in total. The number of hydrogen-bond acceptors (Lipinski definition) is 1. The molecule has 0 rings (SSSR count). The lowest BCUT2D eigenvalue weighted by molar-refractivity contribution is -0.297. The predicted molar refractivity (Wildman–Crippen MR) is 40.1 cm³/mol. The van der Waals surface area contributed by atoms with Crippen LogP contribution < -0.4 is 0 Å². The van der Waals surface area contributed by atoms with Gasteiger partial charge >= 0.3 is 18.5 Å². The van der Waals surface area contributed by atoms with Gasteiger partial charge in [0, 0.05) is 0 Å². The Bertz CT molecular complexity index is 201. The van der Waals surface area contributed by atoms with Gasteiger partial charge in [0.05, 0.1) is 12.6 Å². The second-order valence-corrected chi connectivity index (χ2v) is 1.41. The van der Waals surface area contributed by atoms with E-state index < -0.39 is 18.5 Å². The lowest BCUT2D eigenvalue weighted by atomic mass is 11.1. The van der Waals surface area contributed by atoms with Crippen molar-refractivity contribution in [2.75, 3.05) is 0 Å². The number of ether oxygens (including phenoxy) is 1. The second-order valence-electron chi connectivity index (χ2n) is 1.41. The minimum atomic E-state index is -4.57. The minimum Gasteiger partial charge on any atom is -0.414 e. The van der Waals surface area contributed by atoms with E-state index in [1.165, 1.54) is 0 Å². The Morgan fingerprint density at radius 3 is 1.19 bits per heavy atom. The molecule has 16 heavy (non-hydrogen) atoms. The molecule has 0 aromatic heterocycles. The van der Waals surface area contributed by atoms with Crippen molar-refractivity contribution < 1.29 is 39.9 Å². The number of rotatable bonds is 1. The molecular formula is C7H6F8O. The first-order valence-electron chi connectivity index (χ1n) is 3.05. The van der Waals surface area contributed by atoms with Crippen LogP contribution in [0.3, 0.4) is 0 Å². The highest BCUT2D eigenvalue weighted by atomic mass is 19.4. The number of hydrogen-bond donors (Lipinski definition) is 0. The lowest BCUT2D eigenvalue weighted by Gasteiger charge is -2.00. The third-order valence-corrected chi connectivity index (χ3v) is 0.360. The summed E-state index contributed by atoms with van der Waals surface area (Å²) in [5, 5.41) is 0. The van der Waals surface area contributed by atoms with Gasteiger partial charge in [-0.05, 0) is 0 Å². The largest absolute Gasteiger partial charge is 0.572 e. The van der Waals surface area contributed by atoms with Gasteiger partial charge in [-0.1, -0.05) is 13.2 Å². The van der Waals surface area contributed by atoms with Gasteiger partial charge in [0.15, 0.2) is 0 Å². The first-order valence-corrected chi connectivity index (χ1v) is 3.05. The van der Waals surface area contributed by atoms with Gasteiger partial charge in [0.2, 0.25) is 0 Å². The summed E-state index contributed by atoms with van der Waals surface area (Å²) in [5.41, 5.74) is 0. The quantitative estimate of drug-likeness (QED) is 0.486. The van der Waals surface area contributed by atoms with Crippen molar-refractivity contribution in [3.63, 3.8) is 0 Å². The lowest BCUT2D eigenvalue weighted by Crippen LogP contribution is -2.07. The first-order chi connectivity index (χ1) is 7.12. The van der Waals surface area contributed by atoms with E-state index in [4.69, 9.17) is 0 Å². The number of alkyl halides is 3. The van der Waals surface area contributed by atoms with E-state index in [2.05, 4.69) is 17.9 Å². The van der Waals surface area contributed by atoms with Crippen molar-refractivity contribution in [1.82, 2.24) is 0 Å². The fourth-order valence-corrected chi connectivity index (χ4v) is 0.0945. The van der Waals surface area contributed by atoms with Gasteiger partial charge in [-0.2, -0.15) is 17.6 Å². The Balaban J connectivity index is -0.000000172. The Kier molecular flexibility index (Phi) is 14.4. The summed E-state index contributed by atoms with van der Waals surface area (Å²) < 4.78 is 86.5.